The third-order valence-electron chi connectivity index (χ3n) is 2.78. The molecule has 0 fully saturated rings. The van der Waals surface area contributed by atoms with Gasteiger partial charge < -0.3 is 26.6 Å². The molecule has 0 aliphatic heterocycles. The number of hydrogen-bond donors (Lipinski definition) is 0. The van der Waals surface area contributed by atoms with E-state index in [4.69, 9.17) is 26.6 Å². The largest absolute Gasteiger partial charge is 0.512 e. The molecule has 0 amide bonds. The Kier molecular flexibility index (Phi) is 18.5. The topological polar surface area (TPSA) is 55.4 Å². The Morgan fingerprint density at radius 2 is 0.692 bits per heavy atom. The average Bonchev–Trinajstić information content (AvgIpc) is 2.59. The van der Waals surface area contributed by atoms with E-state index in [1.807, 2.05) is 41.5 Å². The Hall–Kier alpha value is 1.59. The first-order valence-corrected chi connectivity index (χ1v) is 18.0. The molecule has 0 unspecified atom stereocenters. The van der Waals surface area contributed by atoms with Crippen molar-refractivity contribution in [1.29, 1.82) is 0 Å². The minimum Gasteiger partial charge on any atom is -0.373 e. The smallest absolute Gasteiger partial charge is 0.373 e. The molecule has 6 nitrogen and oxygen atoms in total. The van der Waals surface area contributed by atoms with Gasteiger partial charge in [-0.05, 0) is 61.2 Å². The molecule has 12 heteroatoms. The fraction of sp³-hybridized carbons (Fsp3) is 1.00. The molecule has 0 aromatic carbocycles. The van der Waals surface area contributed by atoms with Gasteiger partial charge in [-0.15, -0.1) is 0 Å². The summed E-state index contributed by atoms with van der Waals surface area (Å²) in [6, 6.07) is 0. The predicted octanol–water partition coefficient (Wildman–Crippen LogP) is 4.84. The number of hydrogen-bond acceptors (Lipinski definition) is 10. The van der Waals surface area contributed by atoms with E-state index in [2.05, 4.69) is 0 Å². The summed E-state index contributed by atoms with van der Waals surface area (Å²) in [5.74, 6) is 0. The van der Waals surface area contributed by atoms with Crippen LogP contribution in [0.3, 0.4) is 0 Å². The second-order valence-electron chi connectivity index (χ2n) is 4.62. The molecule has 0 aliphatic rings. The molecule has 0 heterocycles. The molecule has 0 rings (SSSR count). The van der Waals surface area contributed by atoms with Crippen molar-refractivity contribution in [3.8, 4) is 0 Å². The minimum atomic E-state index is -2.58. The van der Waals surface area contributed by atoms with E-state index in [0.29, 0.717) is 39.6 Å². The summed E-state index contributed by atoms with van der Waals surface area (Å²) < 4.78 is 35.1. The van der Waals surface area contributed by atoms with Gasteiger partial charge in [0.1, 0.15) is 0 Å². The van der Waals surface area contributed by atoms with Crippen molar-refractivity contribution >= 4 is 58.8 Å². The molecular weight excluding hydrogens is 449 g/mol. The van der Waals surface area contributed by atoms with Crippen molar-refractivity contribution in [2.75, 3.05) is 50.4 Å². The second-order valence-corrected chi connectivity index (χ2v) is 16.8. The third-order valence-corrected chi connectivity index (χ3v) is 17.8. The summed E-state index contributed by atoms with van der Waals surface area (Å²) in [5, 5.41) is 1.46. The van der Waals surface area contributed by atoms with Crippen molar-refractivity contribution < 1.29 is 26.6 Å². The molecule has 0 saturated heterocycles. The molecule has 0 bridgehead atoms. The molecule has 26 heavy (non-hydrogen) atoms. The summed E-state index contributed by atoms with van der Waals surface area (Å²) in [6.45, 7) is 15.5. The van der Waals surface area contributed by atoms with Crippen LogP contribution in [0.2, 0.25) is 0 Å². The first-order chi connectivity index (χ1) is 12.6. The van der Waals surface area contributed by atoms with E-state index in [9.17, 15) is 0 Å². The van der Waals surface area contributed by atoms with E-state index in [-0.39, 0.29) is 0 Å². The van der Waals surface area contributed by atoms with E-state index in [1.54, 1.807) is 41.2 Å². The van der Waals surface area contributed by atoms with E-state index in [1.165, 1.54) is 0 Å². The van der Waals surface area contributed by atoms with E-state index in [0.717, 1.165) is 10.8 Å². The van der Waals surface area contributed by atoms with Crippen LogP contribution in [0.5, 0.6) is 0 Å². The quantitative estimate of drug-likeness (QED) is 0.145. The maximum atomic E-state index is 5.86. The van der Waals surface area contributed by atoms with Gasteiger partial charge >= 0.3 is 17.6 Å². The van der Waals surface area contributed by atoms with Gasteiger partial charge in [-0.2, -0.15) is 0 Å². The van der Waals surface area contributed by atoms with Crippen molar-refractivity contribution in [3.63, 3.8) is 0 Å². The van der Waals surface area contributed by atoms with E-state index >= 15 is 0 Å². The van der Waals surface area contributed by atoms with Crippen LogP contribution < -0.4 is 0 Å². The Morgan fingerprint density at radius 3 is 0.885 bits per heavy atom. The molecule has 0 aromatic heterocycles. The van der Waals surface area contributed by atoms with Crippen LogP contribution in [0.1, 0.15) is 41.5 Å². The van der Waals surface area contributed by atoms with E-state index < -0.39 is 17.6 Å². The minimum absolute atomic E-state index is 0.602. The molecule has 0 radical (unpaired) electrons. The van der Waals surface area contributed by atoms with Gasteiger partial charge in [0.05, 0.1) is 10.8 Å². The van der Waals surface area contributed by atoms with Gasteiger partial charge in [-0.25, -0.2) is 0 Å². The highest BCUT2D eigenvalue weighted by atomic mass is 33.7. The molecule has 0 spiro atoms. The van der Waals surface area contributed by atoms with Gasteiger partial charge in [0, 0.05) is 39.6 Å². The third kappa shape index (κ3) is 11.6. The van der Waals surface area contributed by atoms with Gasteiger partial charge in [0.2, 0.25) is 0 Å². The van der Waals surface area contributed by atoms with Gasteiger partial charge in [-0.3, -0.25) is 0 Å². The lowest BCUT2D eigenvalue weighted by Crippen LogP contribution is -2.49. The van der Waals surface area contributed by atoms with Gasteiger partial charge in [-0.1, -0.05) is 21.6 Å². The Morgan fingerprint density at radius 1 is 0.462 bits per heavy atom. The van der Waals surface area contributed by atoms with Crippen LogP contribution in [-0.4, -0.2) is 68.0 Å². The monoisotopic (exact) mass is 482 g/mol. The lowest BCUT2D eigenvalue weighted by atomic mass is 10.9. The molecule has 158 valence electrons. The van der Waals surface area contributed by atoms with Crippen LogP contribution in [0, 0.1) is 0 Å². The second kappa shape index (κ2) is 17.5. The average molecular weight is 483 g/mol. The number of rotatable bonds is 19. The zero-order chi connectivity index (χ0) is 19.7. The molecule has 0 aliphatic carbocycles. The van der Waals surface area contributed by atoms with Crippen LogP contribution in [0.25, 0.3) is 0 Å². The summed E-state index contributed by atoms with van der Waals surface area (Å²) in [6.07, 6.45) is 0. The van der Waals surface area contributed by atoms with Gasteiger partial charge in [0.25, 0.3) is 0 Å². The lowest BCUT2D eigenvalue weighted by Gasteiger charge is -2.28. The van der Waals surface area contributed by atoms with Crippen LogP contribution in [-0.2, 0) is 26.6 Å². The summed E-state index contributed by atoms with van der Waals surface area (Å²) in [7, 11) is 1.66. The highest BCUT2D eigenvalue weighted by Crippen LogP contribution is 2.45. The molecule has 0 aromatic rings. The standard InChI is InChI=1S/C14H34O6S4Si2/c1-7-15-25(16-8-2,17-9-3)13-21-23-24-22-14-26(18-10-4,19-11-5)20-12-6/h7-14H2,1-6H3. The van der Waals surface area contributed by atoms with Crippen LogP contribution in [0.4, 0.5) is 0 Å². The molecule has 0 atom stereocenters. The van der Waals surface area contributed by atoms with Crippen molar-refractivity contribution in [1.82, 2.24) is 0 Å². The maximum absolute atomic E-state index is 5.86. The van der Waals surface area contributed by atoms with Crippen LogP contribution >= 0.6 is 41.2 Å². The first kappa shape index (κ1) is 27.6. The fourth-order valence-corrected chi connectivity index (χ4v) is 17.9. The Labute approximate surface area is 176 Å². The Balaban J connectivity index is 4.35. The first-order valence-electron chi connectivity index (χ1n) is 8.98. The highest BCUT2D eigenvalue weighted by molar-refractivity contribution is 9.26. The van der Waals surface area contributed by atoms with Crippen molar-refractivity contribution in [2.24, 2.45) is 0 Å². The van der Waals surface area contributed by atoms with Gasteiger partial charge in [0.15, 0.2) is 0 Å². The normalized spacial score (nSPS) is 12.7. The Bertz CT molecular complexity index is 270. The lowest BCUT2D eigenvalue weighted by molar-refractivity contribution is 0.0765. The molecule has 0 saturated carbocycles. The predicted molar refractivity (Wildman–Crippen MR) is 121 cm³/mol. The van der Waals surface area contributed by atoms with Crippen molar-refractivity contribution in [3.05, 3.63) is 0 Å². The summed E-state index contributed by atoms with van der Waals surface area (Å²) in [5.41, 5.74) is 0. The zero-order valence-corrected chi connectivity index (χ0v) is 22.0. The van der Waals surface area contributed by atoms with Crippen molar-refractivity contribution in [2.45, 2.75) is 41.5 Å². The molecule has 0 N–H and O–H groups in total. The maximum Gasteiger partial charge on any atom is 0.512 e. The summed E-state index contributed by atoms with van der Waals surface area (Å²) >= 11 is 0. The zero-order valence-electron chi connectivity index (χ0n) is 16.7. The van der Waals surface area contributed by atoms with Crippen LogP contribution in [0.15, 0.2) is 0 Å². The SMILES string of the molecule is CCO[Si](CSSSSC[Si](OCC)(OCC)OCC)(OCC)OCC. The molecular formula is C14H34O6S4Si2. The fourth-order valence-electron chi connectivity index (χ4n) is 2.05. The summed E-state index contributed by atoms with van der Waals surface area (Å²) in [4.78, 5) is 0. The highest BCUT2D eigenvalue weighted by Gasteiger charge is 2.42.